The van der Waals surface area contributed by atoms with Crippen LogP contribution in [0.5, 0.6) is 0 Å². The highest BCUT2D eigenvalue weighted by molar-refractivity contribution is 7.17. The van der Waals surface area contributed by atoms with Gasteiger partial charge in [-0.1, -0.05) is 23.5 Å². The average Bonchev–Trinajstić information content (AvgIpc) is 3.07. The highest BCUT2D eigenvalue weighted by atomic mass is 32.1. The number of hydrogen-bond donors (Lipinski definition) is 0. The molecule has 24 heavy (non-hydrogen) atoms. The fourth-order valence-corrected chi connectivity index (χ4v) is 3.44. The lowest BCUT2D eigenvalue weighted by Gasteiger charge is -2.34. The van der Waals surface area contributed by atoms with Crippen molar-refractivity contribution in [2.24, 2.45) is 0 Å². The van der Waals surface area contributed by atoms with E-state index in [1.807, 2.05) is 0 Å². The molecule has 0 aliphatic carbocycles. The molecule has 6 nitrogen and oxygen atoms in total. The summed E-state index contributed by atoms with van der Waals surface area (Å²) in [4.78, 5) is 26.9. The van der Waals surface area contributed by atoms with Crippen molar-refractivity contribution in [3.63, 3.8) is 0 Å². The Kier molecular flexibility index (Phi) is 4.86. The molecule has 0 spiro atoms. The van der Waals surface area contributed by atoms with Gasteiger partial charge >= 0.3 is 5.00 Å². The van der Waals surface area contributed by atoms with Gasteiger partial charge in [-0.05, 0) is 23.8 Å². The zero-order valence-electron chi connectivity index (χ0n) is 12.9. The summed E-state index contributed by atoms with van der Waals surface area (Å²) in [5, 5.41) is 10.7. The van der Waals surface area contributed by atoms with E-state index in [4.69, 9.17) is 0 Å². The number of amides is 1. The van der Waals surface area contributed by atoms with Crippen LogP contribution >= 0.6 is 11.3 Å². The van der Waals surface area contributed by atoms with E-state index in [0.29, 0.717) is 24.5 Å². The second kappa shape index (κ2) is 7.06. The van der Waals surface area contributed by atoms with Gasteiger partial charge in [0, 0.05) is 38.8 Å². The maximum atomic E-state index is 12.9. The van der Waals surface area contributed by atoms with Crippen LogP contribution in [0.3, 0.4) is 0 Å². The summed E-state index contributed by atoms with van der Waals surface area (Å²) in [6.07, 6.45) is 0. The normalized spacial score (nSPS) is 15.5. The van der Waals surface area contributed by atoms with Crippen LogP contribution in [0.25, 0.3) is 0 Å². The number of carbonyl (C=O) groups is 1. The summed E-state index contributed by atoms with van der Waals surface area (Å²) >= 11 is 0.908. The summed E-state index contributed by atoms with van der Waals surface area (Å²) < 4.78 is 12.9. The van der Waals surface area contributed by atoms with E-state index in [2.05, 4.69) is 4.90 Å². The van der Waals surface area contributed by atoms with E-state index >= 15 is 0 Å². The van der Waals surface area contributed by atoms with Gasteiger partial charge in [-0.2, -0.15) is 0 Å². The molecule has 1 aromatic heterocycles. The van der Waals surface area contributed by atoms with Crippen molar-refractivity contribution in [2.75, 3.05) is 26.2 Å². The third-order valence-electron chi connectivity index (χ3n) is 3.96. The Morgan fingerprint density at radius 2 is 1.79 bits per heavy atom. The van der Waals surface area contributed by atoms with Crippen LogP contribution in [0.4, 0.5) is 9.39 Å². The molecule has 0 saturated carbocycles. The quantitative estimate of drug-likeness (QED) is 0.629. The predicted octanol–water partition coefficient (Wildman–Crippen LogP) is 2.75. The Balaban J connectivity index is 1.55. The molecular formula is C16H16FN3O3S. The minimum atomic E-state index is -0.484. The van der Waals surface area contributed by atoms with Crippen molar-refractivity contribution >= 4 is 22.2 Å². The second-order valence-electron chi connectivity index (χ2n) is 5.59. The Hall–Kier alpha value is -2.32. The van der Waals surface area contributed by atoms with Gasteiger partial charge < -0.3 is 4.90 Å². The van der Waals surface area contributed by atoms with E-state index in [1.165, 1.54) is 24.3 Å². The van der Waals surface area contributed by atoms with E-state index in [-0.39, 0.29) is 16.7 Å². The molecule has 1 aliphatic rings. The molecule has 1 amide bonds. The van der Waals surface area contributed by atoms with Gasteiger partial charge in [0.15, 0.2) is 0 Å². The molecule has 1 fully saturated rings. The number of thiophene rings is 1. The topological polar surface area (TPSA) is 66.7 Å². The lowest BCUT2D eigenvalue weighted by atomic mass is 10.2. The van der Waals surface area contributed by atoms with Crippen molar-refractivity contribution in [1.82, 2.24) is 9.80 Å². The first kappa shape index (κ1) is 16.5. The zero-order chi connectivity index (χ0) is 17.1. The van der Waals surface area contributed by atoms with Crippen LogP contribution in [-0.2, 0) is 6.54 Å². The minimum Gasteiger partial charge on any atom is -0.335 e. The van der Waals surface area contributed by atoms with Crippen molar-refractivity contribution in [1.29, 1.82) is 0 Å². The first-order chi connectivity index (χ1) is 11.5. The minimum absolute atomic E-state index is 0.0201. The summed E-state index contributed by atoms with van der Waals surface area (Å²) in [5.41, 5.74) is 1.03. The van der Waals surface area contributed by atoms with Gasteiger partial charge in [-0.15, -0.1) is 0 Å². The molecule has 0 atom stereocenters. The molecule has 2 aromatic rings. The molecule has 126 valence electrons. The maximum Gasteiger partial charge on any atom is 0.324 e. The summed E-state index contributed by atoms with van der Waals surface area (Å²) in [7, 11) is 0. The number of hydrogen-bond acceptors (Lipinski definition) is 5. The summed E-state index contributed by atoms with van der Waals surface area (Å²) in [5.74, 6) is -0.409. The Labute approximate surface area is 142 Å². The number of rotatable bonds is 4. The molecule has 8 heteroatoms. The first-order valence-electron chi connectivity index (χ1n) is 7.53. The third kappa shape index (κ3) is 3.77. The molecule has 0 unspecified atom stereocenters. The number of nitro groups is 1. The van der Waals surface area contributed by atoms with Gasteiger partial charge in [0.25, 0.3) is 5.91 Å². The van der Waals surface area contributed by atoms with Crippen molar-refractivity contribution in [3.8, 4) is 0 Å². The summed E-state index contributed by atoms with van der Waals surface area (Å²) in [6, 6.07) is 9.28. The molecular weight excluding hydrogens is 333 g/mol. The molecule has 0 N–H and O–H groups in total. The van der Waals surface area contributed by atoms with Gasteiger partial charge in [0.2, 0.25) is 0 Å². The number of nitrogens with zero attached hydrogens (tertiary/aromatic N) is 3. The lowest BCUT2D eigenvalue weighted by molar-refractivity contribution is -0.380. The standard InChI is InChI=1S/C16H16FN3O3S/c17-13-3-1-12(2-4-13)11-18-7-9-19(10-8-18)16(21)14-5-6-15(24-14)20(22)23/h1-6H,7-11H2. The number of carbonyl (C=O) groups excluding carboxylic acids is 1. The van der Waals surface area contributed by atoms with Crippen LogP contribution in [-0.4, -0.2) is 46.8 Å². The van der Waals surface area contributed by atoms with Crippen molar-refractivity contribution < 1.29 is 14.1 Å². The zero-order valence-corrected chi connectivity index (χ0v) is 13.7. The molecule has 2 heterocycles. The van der Waals surface area contributed by atoms with Gasteiger partial charge in [0.1, 0.15) is 5.82 Å². The number of piperazine rings is 1. The van der Waals surface area contributed by atoms with E-state index in [9.17, 15) is 19.3 Å². The highest BCUT2D eigenvalue weighted by Crippen LogP contribution is 2.25. The molecule has 1 aliphatic heterocycles. The van der Waals surface area contributed by atoms with Crippen molar-refractivity contribution in [2.45, 2.75) is 6.54 Å². The Morgan fingerprint density at radius 3 is 2.38 bits per heavy atom. The fourth-order valence-electron chi connectivity index (χ4n) is 2.65. The van der Waals surface area contributed by atoms with Gasteiger partial charge in [-0.3, -0.25) is 19.8 Å². The van der Waals surface area contributed by atoms with Crippen LogP contribution in [0, 0.1) is 15.9 Å². The van der Waals surface area contributed by atoms with Crippen LogP contribution in [0.2, 0.25) is 0 Å². The fraction of sp³-hybridized carbons (Fsp3) is 0.312. The molecule has 1 aromatic carbocycles. The van der Waals surface area contributed by atoms with Crippen LogP contribution in [0.1, 0.15) is 15.2 Å². The predicted molar refractivity (Wildman–Crippen MR) is 88.6 cm³/mol. The smallest absolute Gasteiger partial charge is 0.324 e. The van der Waals surface area contributed by atoms with E-state index < -0.39 is 4.92 Å². The van der Waals surface area contributed by atoms with E-state index in [0.717, 1.165) is 30.0 Å². The van der Waals surface area contributed by atoms with Gasteiger partial charge in [-0.25, -0.2) is 4.39 Å². The monoisotopic (exact) mass is 349 g/mol. The molecule has 1 saturated heterocycles. The summed E-state index contributed by atoms with van der Waals surface area (Å²) in [6.45, 7) is 3.30. The first-order valence-corrected chi connectivity index (χ1v) is 8.35. The van der Waals surface area contributed by atoms with E-state index in [1.54, 1.807) is 17.0 Å². The molecule has 3 rings (SSSR count). The van der Waals surface area contributed by atoms with Gasteiger partial charge in [0.05, 0.1) is 9.80 Å². The maximum absolute atomic E-state index is 12.9. The Bertz CT molecular complexity index is 739. The average molecular weight is 349 g/mol. The number of halogens is 1. The molecule has 0 radical (unpaired) electrons. The van der Waals surface area contributed by atoms with Crippen molar-refractivity contribution in [3.05, 3.63) is 62.8 Å². The second-order valence-corrected chi connectivity index (χ2v) is 6.65. The third-order valence-corrected chi connectivity index (χ3v) is 4.99. The largest absolute Gasteiger partial charge is 0.335 e. The van der Waals surface area contributed by atoms with Crippen LogP contribution in [0.15, 0.2) is 36.4 Å². The Morgan fingerprint density at radius 1 is 1.12 bits per heavy atom. The lowest BCUT2D eigenvalue weighted by Crippen LogP contribution is -2.48. The number of benzene rings is 1. The molecule has 0 bridgehead atoms. The van der Waals surface area contributed by atoms with Crippen LogP contribution < -0.4 is 0 Å². The highest BCUT2D eigenvalue weighted by Gasteiger charge is 2.24. The SMILES string of the molecule is O=C(c1ccc([N+](=O)[O-])s1)N1CCN(Cc2ccc(F)cc2)CC1.